The number of fused-ring (bicyclic) bond motifs is 1. The van der Waals surface area contributed by atoms with Crippen molar-refractivity contribution in [3.05, 3.63) is 64.3 Å². The highest BCUT2D eigenvalue weighted by Gasteiger charge is 2.13. The van der Waals surface area contributed by atoms with E-state index in [9.17, 15) is 8.42 Å². The number of sulfonamides is 1. The normalized spacial score (nSPS) is 11.9. The van der Waals surface area contributed by atoms with Gasteiger partial charge in [0.05, 0.1) is 4.90 Å². The molecule has 0 aliphatic heterocycles. The SMILES string of the molecule is Cc1ccc(S(=O)(=O)NCCc2c[nH]c3cc(Br)ccc23)cc1. The Morgan fingerprint density at radius 2 is 1.87 bits per heavy atom. The number of halogens is 1. The zero-order valence-corrected chi connectivity index (χ0v) is 15.0. The first-order valence-corrected chi connectivity index (χ1v) is 9.55. The van der Waals surface area contributed by atoms with Gasteiger partial charge in [-0.25, -0.2) is 13.1 Å². The molecule has 3 aromatic rings. The number of aromatic amines is 1. The van der Waals surface area contributed by atoms with Gasteiger partial charge in [0.1, 0.15) is 0 Å². The number of benzene rings is 2. The molecular formula is C17H17BrN2O2S. The molecule has 4 nitrogen and oxygen atoms in total. The summed E-state index contributed by atoms with van der Waals surface area (Å²) >= 11 is 3.44. The summed E-state index contributed by atoms with van der Waals surface area (Å²) in [7, 11) is -3.46. The van der Waals surface area contributed by atoms with Crippen molar-refractivity contribution >= 4 is 36.9 Å². The summed E-state index contributed by atoms with van der Waals surface area (Å²) < 4.78 is 28.2. The predicted molar refractivity (Wildman–Crippen MR) is 96.1 cm³/mol. The first-order chi connectivity index (χ1) is 11.0. The molecular weight excluding hydrogens is 376 g/mol. The fraction of sp³-hybridized carbons (Fsp3) is 0.176. The molecule has 0 unspecified atom stereocenters. The van der Waals surface area contributed by atoms with Crippen LogP contribution < -0.4 is 4.72 Å². The summed E-state index contributed by atoms with van der Waals surface area (Å²) in [6.07, 6.45) is 2.56. The second-order valence-electron chi connectivity index (χ2n) is 5.46. The van der Waals surface area contributed by atoms with Gasteiger partial charge in [-0.05, 0) is 43.2 Å². The minimum atomic E-state index is -3.46. The molecule has 1 aromatic heterocycles. The lowest BCUT2D eigenvalue weighted by Crippen LogP contribution is -2.25. The molecule has 23 heavy (non-hydrogen) atoms. The largest absolute Gasteiger partial charge is 0.361 e. The van der Waals surface area contributed by atoms with Gasteiger partial charge >= 0.3 is 0 Å². The molecule has 3 rings (SSSR count). The van der Waals surface area contributed by atoms with E-state index in [0.717, 1.165) is 26.5 Å². The summed E-state index contributed by atoms with van der Waals surface area (Å²) in [5.41, 5.74) is 3.17. The van der Waals surface area contributed by atoms with Gasteiger partial charge in [0.15, 0.2) is 0 Å². The van der Waals surface area contributed by atoms with Crippen molar-refractivity contribution in [2.45, 2.75) is 18.2 Å². The molecule has 0 fully saturated rings. The first-order valence-electron chi connectivity index (χ1n) is 7.27. The van der Waals surface area contributed by atoms with Crippen LogP contribution >= 0.6 is 15.9 Å². The zero-order chi connectivity index (χ0) is 16.4. The van der Waals surface area contributed by atoms with E-state index < -0.39 is 10.0 Å². The van der Waals surface area contributed by atoms with E-state index >= 15 is 0 Å². The van der Waals surface area contributed by atoms with Crippen LogP contribution in [-0.4, -0.2) is 19.9 Å². The molecule has 0 aliphatic rings. The van der Waals surface area contributed by atoms with Crippen molar-refractivity contribution in [1.29, 1.82) is 0 Å². The minimum absolute atomic E-state index is 0.297. The highest BCUT2D eigenvalue weighted by atomic mass is 79.9. The number of H-pyrrole nitrogens is 1. The third kappa shape index (κ3) is 3.65. The molecule has 1 heterocycles. The zero-order valence-electron chi connectivity index (χ0n) is 12.6. The van der Waals surface area contributed by atoms with Crippen LogP contribution in [0.3, 0.4) is 0 Å². The van der Waals surface area contributed by atoms with Gasteiger partial charge < -0.3 is 4.98 Å². The van der Waals surface area contributed by atoms with Crippen molar-refractivity contribution < 1.29 is 8.42 Å². The smallest absolute Gasteiger partial charge is 0.240 e. The van der Waals surface area contributed by atoms with E-state index in [2.05, 4.69) is 25.6 Å². The van der Waals surface area contributed by atoms with Crippen molar-refractivity contribution in [2.24, 2.45) is 0 Å². The monoisotopic (exact) mass is 392 g/mol. The maximum atomic E-state index is 12.3. The van der Waals surface area contributed by atoms with Gasteiger partial charge in [0, 0.05) is 28.1 Å². The molecule has 0 aliphatic carbocycles. The molecule has 120 valence electrons. The molecule has 0 saturated carbocycles. The molecule has 2 N–H and O–H groups in total. The van der Waals surface area contributed by atoms with Crippen molar-refractivity contribution in [3.63, 3.8) is 0 Å². The average Bonchev–Trinajstić information content (AvgIpc) is 2.90. The summed E-state index contributed by atoms with van der Waals surface area (Å²) in [5.74, 6) is 0. The Balaban J connectivity index is 1.69. The Morgan fingerprint density at radius 1 is 1.13 bits per heavy atom. The molecule has 0 amide bonds. The molecule has 0 bridgehead atoms. The Bertz CT molecular complexity index is 931. The molecule has 0 spiro atoms. The van der Waals surface area contributed by atoms with Crippen molar-refractivity contribution in [2.75, 3.05) is 6.54 Å². The fourth-order valence-electron chi connectivity index (χ4n) is 2.49. The van der Waals surface area contributed by atoms with Gasteiger partial charge in [-0.1, -0.05) is 39.7 Å². The van der Waals surface area contributed by atoms with E-state index in [-0.39, 0.29) is 0 Å². The van der Waals surface area contributed by atoms with E-state index in [4.69, 9.17) is 0 Å². The second-order valence-corrected chi connectivity index (χ2v) is 8.15. The summed E-state index contributed by atoms with van der Waals surface area (Å²) in [6, 6.07) is 12.9. The fourth-order valence-corrected chi connectivity index (χ4v) is 3.88. The third-order valence-electron chi connectivity index (χ3n) is 3.75. The number of aromatic nitrogens is 1. The highest BCUT2D eigenvalue weighted by Crippen LogP contribution is 2.22. The van der Waals surface area contributed by atoms with Gasteiger partial charge in [-0.3, -0.25) is 0 Å². The maximum Gasteiger partial charge on any atom is 0.240 e. The quantitative estimate of drug-likeness (QED) is 0.694. The Hall–Kier alpha value is -1.63. The van der Waals surface area contributed by atoms with Crippen LogP contribution in [-0.2, 0) is 16.4 Å². The number of rotatable bonds is 5. The third-order valence-corrected chi connectivity index (χ3v) is 5.72. The van der Waals surface area contributed by atoms with Gasteiger partial charge in [-0.15, -0.1) is 0 Å². The van der Waals surface area contributed by atoms with Crippen LogP contribution in [0.4, 0.5) is 0 Å². The summed E-state index contributed by atoms with van der Waals surface area (Å²) in [6.45, 7) is 2.29. The van der Waals surface area contributed by atoms with E-state index in [1.807, 2.05) is 31.3 Å². The molecule has 0 atom stereocenters. The standard InChI is InChI=1S/C17H17BrN2O2S/c1-12-2-5-15(6-3-12)23(21,22)20-9-8-13-11-19-17-10-14(18)4-7-16(13)17/h2-7,10-11,19-20H,8-9H2,1H3. The molecule has 6 heteroatoms. The van der Waals surface area contributed by atoms with Crippen LogP contribution in [0.2, 0.25) is 0 Å². The van der Waals surface area contributed by atoms with Gasteiger partial charge in [0.2, 0.25) is 10.0 Å². The topological polar surface area (TPSA) is 62.0 Å². The molecule has 2 aromatic carbocycles. The summed E-state index contributed by atoms with van der Waals surface area (Å²) in [5, 5.41) is 1.11. The number of nitrogens with one attached hydrogen (secondary N) is 2. The van der Waals surface area contributed by atoms with Crippen molar-refractivity contribution in [1.82, 2.24) is 9.71 Å². The van der Waals surface area contributed by atoms with Crippen LogP contribution in [0.25, 0.3) is 10.9 Å². The number of aryl methyl sites for hydroxylation is 1. The van der Waals surface area contributed by atoms with Crippen LogP contribution in [0.15, 0.2) is 58.0 Å². The lowest BCUT2D eigenvalue weighted by molar-refractivity contribution is 0.581. The predicted octanol–water partition coefficient (Wildman–Crippen LogP) is 3.76. The second kappa shape index (κ2) is 6.47. The number of hydrogen-bond acceptors (Lipinski definition) is 2. The van der Waals surface area contributed by atoms with E-state index in [0.29, 0.717) is 17.9 Å². The summed E-state index contributed by atoms with van der Waals surface area (Å²) in [4.78, 5) is 3.50. The molecule has 0 radical (unpaired) electrons. The number of hydrogen-bond donors (Lipinski definition) is 2. The minimum Gasteiger partial charge on any atom is -0.361 e. The maximum absolute atomic E-state index is 12.3. The lowest BCUT2D eigenvalue weighted by Gasteiger charge is -2.07. The Labute approximate surface area is 144 Å². The van der Waals surface area contributed by atoms with Crippen molar-refractivity contribution in [3.8, 4) is 0 Å². The van der Waals surface area contributed by atoms with Gasteiger partial charge in [-0.2, -0.15) is 0 Å². The Morgan fingerprint density at radius 3 is 2.61 bits per heavy atom. The van der Waals surface area contributed by atoms with Crippen LogP contribution in [0, 0.1) is 6.92 Å². The Kier molecular flexibility index (Phi) is 4.57. The highest BCUT2D eigenvalue weighted by molar-refractivity contribution is 9.10. The lowest BCUT2D eigenvalue weighted by atomic mass is 10.1. The van der Waals surface area contributed by atoms with Gasteiger partial charge in [0.25, 0.3) is 0 Å². The molecule has 0 saturated heterocycles. The first kappa shape index (κ1) is 16.2. The average molecular weight is 393 g/mol. The van der Waals surface area contributed by atoms with E-state index in [1.54, 1.807) is 24.3 Å². The van der Waals surface area contributed by atoms with E-state index in [1.165, 1.54) is 0 Å². The van der Waals surface area contributed by atoms with Crippen LogP contribution in [0.5, 0.6) is 0 Å². The van der Waals surface area contributed by atoms with Crippen LogP contribution in [0.1, 0.15) is 11.1 Å².